The molecule has 4 rings (SSSR count). The van der Waals surface area contributed by atoms with Crippen molar-refractivity contribution < 1.29 is 132 Å². The molecule has 9 N–H and O–H groups in total. The van der Waals surface area contributed by atoms with Crippen molar-refractivity contribution in [1.82, 2.24) is 19.5 Å². The first-order valence-corrected chi connectivity index (χ1v) is 13.8. The monoisotopic (exact) mass is 649 g/mol. The topological polar surface area (TPSA) is 337 Å². The molecule has 21 nitrogen and oxygen atoms in total. The van der Waals surface area contributed by atoms with Gasteiger partial charge in [0, 0.05) is 0 Å². The average Bonchev–Trinajstić information content (AvgIpc) is 3.38. The Morgan fingerprint density at radius 1 is 1.00 bits per heavy atom. The van der Waals surface area contributed by atoms with E-state index in [1.165, 1.54) is 0 Å². The van der Waals surface area contributed by atoms with Crippen LogP contribution < -0.4 is 80.2 Å². The number of imidazole rings is 1. The van der Waals surface area contributed by atoms with E-state index in [9.17, 15) is 49.2 Å². The predicted molar refractivity (Wildman–Crippen MR) is 116 cm³/mol. The smallest absolute Gasteiger partial charge is 0.756 e. The van der Waals surface area contributed by atoms with Crippen LogP contribution in [-0.2, 0) is 32.0 Å². The number of nitrogens with one attached hydrogen (secondary N) is 1. The first-order valence-electron chi connectivity index (χ1n) is 10.8. The van der Waals surface area contributed by atoms with Gasteiger partial charge in [0.05, 0.1) is 19.5 Å². The molecule has 2 aliphatic rings. The van der Waals surface area contributed by atoms with Crippen molar-refractivity contribution in [1.29, 1.82) is 0 Å². The van der Waals surface area contributed by atoms with Crippen molar-refractivity contribution in [3.05, 3.63) is 16.7 Å². The molecule has 2 saturated heterocycles. The summed E-state index contributed by atoms with van der Waals surface area (Å²) in [6.07, 6.45) is -15.5. The van der Waals surface area contributed by atoms with Crippen LogP contribution in [0.25, 0.3) is 11.2 Å². The number of nitrogen functional groups attached to an aromatic ring is 1. The van der Waals surface area contributed by atoms with Gasteiger partial charge in [-0.1, -0.05) is 0 Å². The van der Waals surface area contributed by atoms with Crippen LogP contribution in [0.3, 0.4) is 0 Å². The first kappa shape index (κ1) is 37.3. The molecular formula is C16H23N5Na2O16P2. The minimum atomic E-state index is -5.91. The fourth-order valence-electron chi connectivity index (χ4n) is 3.84. The maximum absolute atomic E-state index is 12.1. The number of aromatic amines is 1. The van der Waals surface area contributed by atoms with E-state index in [1.54, 1.807) is 0 Å². The summed E-state index contributed by atoms with van der Waals surface area (Å²) in [6.45, 7) is -2.01. The minimum Gasteiger partial charge on any atom is -0.756 e. The van der Waals surface area contributed by atoms with Crippen LogP contribution in [-0.4, -0.2) is 112 Å². The normalized spacial score (nSPS) is 34.8. The van der Waals surface area contributed by atoms with Crippen LogP contribution in [0.5, 0.6) is 0 Å². The molecule has 0 bridgehead atoms. The molecule has 11 atom stereocenters. The Hall–Kier alpha value is 0.0900. The number of phosphoric acid groups is 2. The molecule has 2 aliphatic heterocycles. The molecule has 25 heteroatoms. The Labute approximate surface area is 273 Å². The molecule has 0 aliphatic carbocycles. The van der Waals surface area contributed by atoms with Gasteiger partial charge in [0.25, 0.3) is 21.2 Å². The van der Waals surface area contributed by atoms with E-state index < -0.39 is 89.7 Å². The predicted octanol–water partition coefficient (Wildman–Crippen LogP) is -11.9. The zero-order chi connectivity index (χ0) is 28.9. The van der Waals surface area contributed by atoms with E-state index in [2.05, 4.69) is 28.3 Å². The molecule has 0 aromatic carbocycles. The number of H-pyrrole nitrogens is 1. The summed E-state index contributed by atoms with van der Waals surface area (Å²) in [5.41, 5.74) is 4.48. The van der Waals surface area contributed by atoms with Crippen LogP contribution >= 0.6 is 15.6 Å². The number of aliphatic hydroxyl groups is 6. The fraction of sp³-hybridized carbons (Fsp3) is 0.688. The van der Waals surface area contributed by atoms with Crippen LogP contribution in [0.2, 0.25) is 0 Å². The van der Waals surface area contributed by atoms with E-state index in [0.29, 0.717) is 0 Å². The molecule has 0 radical (unpaired) electrons. The Kier molecular flexibility index (Phi) is 13.1. The largest absolute Gasteiger partial charge is 1.00 e. The molecule has 2 aromatic heterocycles. The third-order valence-corrected chi connectivity index (χ3v) is 8.27. The number of nitrogens with two attached hydrogens (primary N) is 1. The van der Waals surface area contributed by atoms with Crippen molar-refractivity contribution in [2.75, 3.05) is 18.9 Å². The van der Waals surface area contributed by atoms with Gasteiger partial charge in [-0.2, -0.15) is 4.98 Å². The van der Waals surface area contributed by atoms with Gasteiger partial charge in [0.15, 0.2) is 23.7 Å². The van der Waals surface area contributed by atoms with Gasteiger partial charge >= 0.3 is 59.1 Å². The van der Waals surface area contributed by atoms with E-state index in [0.717, 1.165) is 10.9 Å². The van der Waals surface area contributed by atoms with Crippen molar-refractivity contribution in [3.63, 3.8) is 0 Å². The maximum Gasteiger partial charge on any atom is 1.00 e. The number of anilines is 1. The van der Waals surface area contributed by atoms with E-state index in [4.69, 9.17) is 20.3 Å². The Morgan fingerprint density at radius 2 is 1.63 bits per heavy atom. The number of aliphatic hydroxyl groups excluding tert-OH is 6. The molecule has 41 heavy (non-hydrogen) atoms. The second-order valence-electron chi connectivity index (χ2n) is 8.40. The number of nitrogens with zero attached hydrogens (tertiary/aromatic N) is 3. The molecule has 0 spiro atoms. The first-order chi connectivity index (χ1) is 18.1. The molecule has 7 unspecified atom stereocenters. The number of phosphoric ester groups is 2. The summed E-state index contributed by atoms with van der Waals surface area (Å²) in [5.74, 6) is -0.292. The van der Waals surface area contributed by atoms with Gasteiger partial charge in [0.2, 0.25) is 5.95 Å². The summed E-state index contributed by atoms with van der Waals surface area (Å²) >= 11 is 0. The van der Waals surface area contributed by atoms with Crippen LogP contribution in [0.4, 0.5) is 5.95 Å². The Morgan fingerprint density at radius 3 is 2.27 bits per heavy atom. The van der Waals surface area contributed by atoms with E-state index in [1.807, 2.05) is 0 Å². The molecule has 2 aromatic rings. The summed E-state index contributed by atoms with van der Waals surface area (Å²) in [7, 11) is -11.7. The quantitative estimate of drug-likeness (QED) is 0.0923. The number of hydrogen-bond acceptors (Lipinski definition) is 19. The average molecular weight is 649 g/mol. The van der Waals surface area contributed by atoms with Crippen LogP contribution in [0.15, 0.2) is 11.1 Å². The SMILES string of the molecule is Nc1nc2c(ncn2[C@@H]2O[C@H](COP(=O)([O-])OP(=O)([O-])OC3OC(CO)C(O)C(O)C3O)[C@@H](O)[C@H]2O)c(=O)[nH]1.[Na+].[Na+]. The van der Waals surface area contributed by atoms with E-state index >= 15 is 0 Å². The molecule has 220 valence electrons. The number of fused-ring (bicyclic) bond motifs is 1. The second-order valence-corrected chi connectivity index (χ2v) is 11.3. The molecule has 0 amide bonds. The number of rotatable bonds is 9. The molecule has 4 heterocycles. The van der Waals surface area contributed by atoms with Crippen molar-refractivity contribution in [2.24, 2.45) is 0 Å². The third-order valence-electron chi connectivity index (χ3n) is 5.74. The Balaban J connectivity index is 0.00000294. The second kappa shape index (κ2) is 14.5. The van der Waals surface area contributed by atoms with Gasteiger partial charge in [-0.25, -0.2) is 9.29 Å². The van der Waals surface area contributed by atoms with Gasteiger partial charge in [-0.05, 0) is 0 Å². The summed E-state index contributed by atoms with van der Waals surface area (Å²) in [4.78, 5) is 46.1. The number of aromatic nitrogens is 4. The van der Waals surface area contributed by atoms with Crippen molar-refractivity contribution >= 4 is 32.8 Å². The standard InChI is InChI=1S/C16H25N5O16P2.2Na/c17-16-19-12-6(13(28)20-16)18-3-21(12)14-10(26)8(24)5(34-14)2-33-38(29,30)37-39(31,32)36-15-11(27)9(25)7(23)4(1-22)35-15;;/h3-5,7-11,14-15,22-27H,1-2H2,(H,29,30)(H,31,32)(H3,17,19,20,28);;/q;2*+1/p-2/t4?,5-,7?,8-,9?,10-,11?,14-,15?;;/m1../s1. The van der Waals surface area contributed by atoms with Gasteiger partial charge in [-0.3, -0.25) is 28.0 Å². The molecule has 0 saturated carbocycles. The third kappa shape index (κ3) is 8.23. The Bertz CT molecular complexity index is 1350. The summed E-state index contributed by atoms with van der Waals surface area (Å²) < 4.78 is 48.1. The van der Waals surface area contributed by atoms with Crippen LogP contribution in [0, 0.1) is 0 Å². The number of hydrogen-bond donors (Lipinski definition) is 8. The van der Waals surface area contributed by atoms with Gasteiger partial charge < -0.3 is 60.2 Å². The van der Waals surface area contributed by atoms with Crippen LogP contribution in [0.1, 0.15) is 6.23 Å². The van der Waals surface area contributed by atoms with E-state index in [-0.39, 0.29) is 76.2 Å². The van der Waals surface area contributed by atoms with Crippen molar-refractivity contribution in [3.8, 4) is 0 Å². The van der Waals surface area contributed by atoms with Gasteiger partial charge in [0.1, 0.15) is 42.7 Å². The number of ether oxygens (including phenoxy) is 2. The minimum absolute atomic E-state index is 0. The molecular weight excluding hydrogens is 626 g/mol. The summed E-state index contributed by atoms with van der Waals surface area (Å²) in [5, 5.41) is 59.1. The zero-order valence-electron chi connectivity index (χ0n) is 21.3. The molecule has 2 fully saturated rings. The maximum atomic E-state index is 12.1. The van der Waals surface area contributed by atoms with Crippen molar-refractivity contribution in [2.45, 2.75) is 55.2 Å². The zero-order valence-corrected chi connectivity index (χ0v) is 27.1. The fourth-order valence-corrected chi connectivity index (χ4v) is 5.92. The summed E-state index contributed by atoms with van der Waals surface area (Å²) in [6, 6.07) is 0. The van der Waals surface area contributed by atoms with Gasteiger partial charge in [-0.15, -0.1) is 0 Å².